The first-order valence-electron chi connectivity index (χ1n) is 9.67. The first-order chi connectivity index (χ1) is 14.3. The maximum absolute atomic E-state index is 13.1. The van der Waals surface area contributed by atoms with Crippen molar-refractivity contribution in [3.8, 4) is 11.5 Å². The molecule has 0 aliphatic rings. The van der Waals surface area contributed by atoms with Crippen LogP contribution in [0.1, 0.15) is 17.0 Å². The Balaban J connectivity index is 1.89. The third-order valence-electron chi connectivity index (χ3n) is 4.92. The Labute approximate surface area is 180 Å². The molecule has 0 aliphatic carbocycles. The maximum Gasteiger partial charge on any atom is 0.255 e. The lowest BCUT2D eigenvalue weighted by Crippen LogP contribution is -2.29. The van der Waals surface area contributed by atoms with Gasteiger partial charge in [0.05, 0.1) is 38.5 Å². The molecule has 3 aromatic rings. The molecule has 160 valence electrons. The predicted octanol–water partition coefficient (Wildman–Crippen LogP) is 3.37. The molecule has 0 saturated carbocycles. The van der Waals surface area contributed by atoms with Crippen LogP contribution in [-0.2, 0) is 19.6 Å². The van der Waals surface area contributed by atoms with Crippen LogP contribution >= 0.6 is 11.6 Å². The van der Waals surface area contributed by atoms with Gasteiger partial charge in [-0.2, -0.15) is 5.10 Å². The number of hydrogen-bond acceptors (Lipinski definition) is 5. The smallest absolute Gasteiger partial charge is 0.255 e. The van der Waals surface area contributed by atoms with E-state index in [1.807, 2.05) is 36.7 Å². The second-order valence-corrected chi connectivity index (χ2v) is 7.71. The molecule has 1 aromatic carbocycles. The van der Waals surface area contributed by atoms with Crippen LogP contribution in [0.5, 0.6) is 11.5 Å². The fourth-order valence-corrected chi connectivity index (χ4v) is 3.65. The van der Waals surface area contributed by atoms with Gasteiger partial charge in [0.2, 0.25) is 0 Å². The second kappa shape index (κ2) is 9.36. The zero-order chi connectivity index (χ0) is 21.8. The number of allylic oxidation sites excluding steroid dienone is 1. The van der Waals surface area contributed by atoms with E-state index >= 15 is 0 Å². The maximum atomic E-state index is 13.1. The Kier molecular flexibility index (Phi) is 6.84. The molecular weight excluding hydrogens is 404 g/mol. The molecule has 2 heterocycles. The van der Waals surface area contributed by atoms with Crippen LogP contribution in [0.3, 0.4) is 0 Å². The minimum atomic E-state index is -0.116. The number of pyridine rings is 1. The first kappa shape index (κ1) is 21.9. The molecule has 30 heavy (non-hydrogen) atoms. The van der Waals surface area contributed by atoms with Gasteiger partial charge in [-0.1, -0.05) is 18.2 Å². The summed E-state index contributed by atoms with van der Waals surface area (Å²) in [6.45, 7) is 9.81. The molecule has 7 nitrogen and oxygen atoms in total. The van der Waals surface area contributed by atoms with Crippen LogP contribution in [0.4, 0.5) is 0 Å². The molecule has 0 atom stereocenters. The Morgan fingerprint density at radius 1 is 1.17 bits per heavy atom. The molecule has 0 bridgehead atoms. The van der Waals surface area contributed by atoms with Crippen molar-refractivity contribution in [1.82, 2.24) is 19.7 Å². The molecule has 0 amide bonds. The first-order valence-corrected chi connectivity index (χ1v) is 10.0. The molecule has 1 N–H and O–H groups in total. The zero-order valence-electron chi connectivity index (χ0n) is 17.8. The van der Waals surface area contributed by atoms with Crippen molar-refractivity contribution in [2.45, 2.75) is 33.5 Å². The number of fused-ring (bicyclic) bond motifs is 1. The van der Waals surface area contributed by atoms with Crippen LogP contribution in [0.15, 0.2) is 40.7 Å². The highest BCUT2D eigenvalue weighted by Crippen LogP contribution is 2.32. The van der Waals surface area contributed by atoms with Crippen molar-refractivity contribution in [2.75, 3.05) is 20.8 Å². The highest BCUT2D eigenvalue weighted by molar-refractivity contribution is 6.29. The van der Waals surface area contributed by atoms with Gasteiger partial charge in [0, 0.05) is 40.8 Å². The lowest BCUT2D eigenvalue weighted by molar-refractivity contribution is 0.355. The van der Waals surface area contributed by atoms with Gasteiger partial charge in [-0.25, -0.2) is 0 Å². The highest BCUT2D eigenvalue weighted by atomic mass is 35.5. The van der Waals surface area contributed by atoms with Crippen molar-refractivity contribution in [2.24, 2.45) is 0 Å². The van der Waals surface area contributed by atoms with E-state index in [2.05, 4.69) is 17.0 Å². The highest BCUT2D eigenvalue weighted by Gasteiger charge is 2.14. The van der Waals surface area contributed by atoms with Crippen molar-refractivity contribution in [3.63, 3.8) is 0 Å². The third-order valence-corrected chi connectivity index (χ3v) is 5.04. The number of aryl methyl sites for hydroxylation is 2. The second-order valence-electron chi connectivity index (χ2n) is 7.17. The molecule has 8 heteroatoms. The van der Waals surface area contributed by atoms with E-state index in [1.165, 1.54) is 0 Å². The topological polar surface area (TPSA) is 70.3 Å². The number of halogens is 1. The quantitative estimate of drug-likeness (QED) is 0.527. The fourth-order valence-electron chi connectivity index (χ4n) is 3.53. The summed E-state index contributed by atoms with van der Waals surface area (Å²) in [6.07, 6.45) is 0. The predicted molar refractivity (Wildman–Crippen MR) is 120 cm³/mol. The summed E-state index contributed by atoms with van der Waals surface area (Å²) in [5, 5.41) is 9.03. The number of nitrogens with zero attached hydrogens (tertiary/aromatic N) is 3. The van der Waals surface area contributed by atoms with Gasteiger partial charge in [-0.15, -0.1) is 0 Å². The lowest BCUT2D eigenvalue weighted by Gasteiger charge is -2.16. The van der Waals surface area contributed by atoms with Gasteiger partial charge in [-0.3, -0.25) is 9.48 Å². The summed E-state index contributed by atoms with van der Waals surface area (Å²) in [7, 11) is 3.15. The minimum absolute atomic E-state index is 0.116. The number of hydrogen-bond donors (Lipinski definition) is 1. The molecule has 3 rings (SSSR count). The molecule has 0 fully saturated rings. The summed E-state index contributed by atoms with van der Waals surface area (Å²) < 4.78 is 14.4. The van der Waals surface area contributed by atoms with Gasteiger partial charge in [0.1, 0.15) is 0 Å². The molecule has 0 saturated heterocycles. The molecule has 0 unspecified atom stereocenters. The van der Waals surface area contributed by atoms with E-state index < -0.39 is 0 Å². The van der Waals surface area contributed by atoms with Crippen LogP contribution in [0.2, 0.25) is 0 Å². The molecule has 0 aliphatic heterocycles. The van der Waals surface area contributed by atoms with E-state index in [-0.39, 0.29) is 12.1 Å². The van der Waals surface area contributed by atoms with E-state index in [0.29, 0.717) is 40.7 Å². The number of nitrogens with one attached hydrogen (secondary N) is 1. The Morgan fingerprint density at radius 2 is 1.87 bits per heavy atom. The number of ether oxygens (including phenoxy) is 2. The van der Waals surface area contributed by atoms with Crippen LogP contribution in [-0.4, -0.2) is 35.1 Å². The van der Waals surface area contributed by atoms with Crippen LogP contribution in [0.25, 0.3) is 10.9 Å². The third kappa shape index (κ3) is 4.68. The Hall–Kier alpha value is -2.77. The summed E-state index contributed by atoms with van der Waals surface area (Å²) >= 11 is 6.05. The average Bonchev–Trinajstić information content (AvgIpc) is 3.03. The van der Waals surface area contributed by atoms with E-state index in [9.17, 15) is 4.79 Å². The van der Waals surface area contributed by atoms with E-state index in [0.717, 1.165) is 23.3 Å². The summed E-state index contributed by atoms with van der Waals surface area (Å²) in [5.41, 5.74) is 3.35. The van der Waals surface area contributed by atoms with Gasteiger partial charge in [0.25, 0.3) is 5.56 Å². The van der Waals surface area contributed by atoms with Gasteiger partial charge < -0.3 is 19.4 Å². The van der Waals surface area contributed by atoms with Crippen molar-refractivity contribution >= 4 is 22.5 Å². The number of aromatic nitrogens is 3. The van der Waals surface area contributed by atoms with Crippen molar-refractivity contribution in [3.05, 3.63) is 63.2 Å². The zero-order valence-corrected chi connectivity index (χ0v) is 18.5. The SMILES string of the molecule is C=C(Cl)Cn1c(=O)c(CNCCn2nc(C)cc2C)cc2cc(OC)c(OC)cc21. The van der Waals surface area contributed by atoms with Gasteiger partial charge >= 0.3 is 0 Å². The summed E-state index contributed by atoms with van der Waals surface area (Å²) in [5.74, 6) is 1.15. The van der Waals surface area contributed by atoms with Crippen LogP contribution in [0, 0.1) is 13.8 Å². The molecule has 2 aromatic heterocycles. The summed E-state index contributed by atoms with van der Waals surface area (Å²) in [4.78, 5) is 13.1. The van der Waals surface area contributed by atoms with E-state index in [1.54, 1.807) is 24.9 Å². The number of rotatable bonds is 9. The number of benzene rings is 1. The summed E-state index contributed by atoms with van der Waals surface area (Å²) in [6, 6.07) is 7.57. The lowest BCUT2D eigenvalue weighted by atomic mass is 10.1. The van der Waals surface area contributed by atoms with Gasteiger partial charge in [-0.05, 0) is 32.0 Å². The molecule has 0 radical (unpaired) electrons. The monoisotopic (exact) mass is 430 g/mol. The largest absolute Gasteiger partial charge is 0.493 e. The van der Waals surface area contributed by atoms with Crippen molar-refractivity contribution in [1.29, 1.82) is 0 Å². The standard InChI is InChI=1S/C22H27ClN4O3/c1-14(23)13-26-19-11-21(30-5)20(29-4)10-17(19)9-18(22(26)28)12-24-6-7-27-16(3)8-15(2)25-27/h8-11,24H,1,6-7,12-13H2,2-5H3. The average molecular weight is 431 g/mol. The molecular formula is C22H27ClN4O3. The van der Waals surface area contributed by atoms with E-state index in [4.69, 9.17) is 21.1 Å². The normalized spacial score (nSPS) is 11.1. The van der Waals surface area contributed by atoms with Gasteiger partial charge in [0.15, 0.2) is 11.5 Å². The number of methoxy groups -OCH3 is 2. The van der Waals surface area contributed by atoms with Crippen LogP contribution < -0.4 is 20.3 Å². The fraction of sp³-hybridized carbons (Fsp3) is 0.364. The Morgan fingerprint density at radius 3 is 2.47 bits per heavy atom. The Bertz CT molecular complexity index is 1130. The molecule has 0 spiro atoms. The van der Waals surface area contributed by atoms with Crippen molar-refractivity contribution < 1.29 is 9.47 Å². The minimum Gasteiger partial charge on any atom is -0.493 e.